The first-order valence-corrected chi connectivity index (χ1v) is 10.1. The average molecular weight is 386 g/mol. The molecule has 0 saturated heterocycles. The number of benzene rings is 4. The standard InChI is InChI=1S/C26H14N2S/c27-15-18-6-5-10-21(24(18)16-28)20-8-2-1-7-19(20)17-12-13-26-23(14-17)22-9-3-4-11-25(22)29-26/h1-14H. The maximum absolute atomic E-state index is 9.69. The Morgan fingerprint density at radius 2 is 1.31 bits per heavy atom. The van der Waals surface area contributed by atoms with E-state index >= 15 is 0 Å². The summed E-state index contributed by atoms with van der Waals surface area (Å²) in [7, 11) is 0. The van der Waals surface area contributed by atoms with Crippen LogP contribution in [-0.2, 0) is 0 Å². The van der Waals surface area contributed by atoms with Crippen molar-refractivity contribution in [1.82, 2.24) is 0 Å². The van der Waals surface area contributed by atoms with Gasteiger partial charge in [0.1, 0.15) is 12.1 Å². The highest BCUT2D eigenvalue weighted by atomic mass is 32.1. The average Bonchev–Trinajstić information content (AvgIpc) is 3.16. The molecule has 2 nitrogen and oxygen atoms in total. The molecule has 0 unspecified atom stereocenters. The third kappa shape index (κ3) is 2.77. The molecule has 0 atom stereocenters. The van der Waals surface area contributed by atoms with Crippen LogP contribution in [0.25, 0.3) is 42.4 Å². The molecule has 0 N–H and O–H groups in total. The van der Waals surface area contributed by atoms with Crippen molar-refractivity contribution in [2.24, 2.45) is 0 Å². The van der Waals surface area contributed by atoms with Crippen molar-refractivity contribution in [1.29, 1.82) is 10.5 Å². The zero-order chi connectivity index (χ0) is 19.8. The summed E-state index contributed by atoms with van der Waals surface area (Å²) < 4.78 is 2.54. The van der Waals surface area contributed by atoms with Crippen LogP contribution >= 0.6 is 11.3 Å². The highest BCUT2D eigenvalue weighted by Gasteiger charge is 2.14. The Morgan fingerprint density at radius 1 is 0.586 bits per heavy atom. The molecular weight excluding hydrogens is 372 g/mol. The van der Waals surface area contributed by atoms with Gasteiger partial charge in [-0.1, -0.05) is 60.7 Å². The predicted octanol–water partition coefficient (Wildman–Crippen LogP) is 7.13. The van der Waals surface area contributed by atoms with E-state index in [1.165, 1.54) is 20.2 Å². The van der Waals surface area contributed by atoms with Crippen LogP contribution in [0.2, 0.25) is 0 Å². The molecule has 1 heterocycles. The molecule has 0 spiro atoms. The van der Waals surface area contributed by atoms with Crippen LogP contribution in [0.15, 0.2) is 84.9 Å². The number of thiophene rings is 1. The zero-order valence-corrected chi connectivity index (χ0v) is 16.2. The zero-order valence-electron chi connectivity index (χ0n) is 15.4. The minimum atomic E-state index is 0.402. The molecule has 0 radical (unpaired) electrons. The number of hydrogen-bond donors (Lipinski definition) is 0. The molecule has 0 aliphatic heterocycles. The molecule has 5 aromatic rings. The van der Waals surface area contributed by atoms with Crippen molar-refractivity contribution in [2.45, 2.75) is 0 Å². The molecule has 0 aliphatic rings. The normalized spacial score (nSPS) is 10.7. The van der Waals surface area contributed by atoms with Crippen molar-refractivity contribution in [2.75, 3.05) is 0 Å². The molecule has 0 aliphatic carbocycles. The van der Waals surface area contributed by atoms with Crippen LogP contribution in [-0.4, -0.2) is 0 Å². The number of fused-ring (bicyclic) bond motifs is 3. The quantitative estimate of drug-likeness (QED) is 0.324. The lowest BCUT2D eigenvalue weighted by atomic mass is 9.90. The molecule has 0 saturated carbocycles. The molecular formula is C26H14N2S. The van der Waals surface area contributed by atoms with E-state index < -0.39 is 0 Å². The van der Waals surface area contributed by atoms with Crippen molar-refractivity contribution in [3.05, 3.63) is 96.1 Å². The van der Waals surface area contributed by atoms with E-state index in [1.54, 1.807) is 17.4 Å². The van der Waals surface area contributed by atoms with Gasteiger partial charge in [0.05, 0.1) is 11.1 Å². The van der Waals surface area contributed by atoms with Gasteiger partial charge in [-0.05, 0) is 41.0 Å². The van der Waals surface area contributed by atoms with E-state index in [2.05, 4.69) is 60.7 Å². The molecule has 3 heteroatoms. The highest BCUT2D eigenvalue weighted by Crippen LogP contribution is 2.39. The number of rotatable bonds is 2. The van der Waals surface area contributed by atoms with Crippen LogP contribution in [0.4, 0.5) is 0 Å². The third-order valence-electron chi connectivity index (χ3n) is 5.20. The first-order chi connectivity index (χ1) is 14.3. The minimum Gasteiger partial charge on any atom is -0.192 e. The second-order valence-electron chi connectivity index (χ2n) is 6.81. The summed E-state index contributed by atoms with van der Waals surface area (Å²) in [5, 5.41) is 21.6. The van der Waals surface area contributed by atoms with Crippen molar-refractivity contribution >= 4 is 31.5 Å². The highest BCUT2D eigenvalue weighted by molar-refractivity contribution is 7.25. The van der Waals surface area contributed by atoms with E-state index in [4.69, 9.17) is 0 Å². The molecule has 4 aromatic carbocycles. The van der Waals surface area contributed by atoms with Gasteiger partial charge < -0.3 is 0 Å². The molecule has 1 aromatic heterocycles. The summed E-state index contributed by atoms with van der Waals surface area (Å²) in [4.78, 5) is 0. The summed E-state index contributed by atoms with van der Waals surface area (Å²) >= 11 is 1.80. The first kappa shape index (κ1) is 17.2. The van der Waals surface area contributed by atoms with E-state index in [-0.39, 0.29) is 0 Å². The molecule has 0 amide bonds. The molecule has 5 rings (SSSR count). The predicted molar refractivity (Wildman–Crippen MR) is 120 cm³/mol. The van der Waals surface area contributed by atoms with Crippen LogP contribution in [0.3, 0.4) is 0 Å². The Morgan fingerprint density at radius 3 is 2.14 bits per heavy atom. The summed E-state index contributed by atoms with van der Waals surface area (Å²) in [6, 6.07) is 32.9. The van der Waals surface area contributed by atoms with Gasteiger partial charge in [0, 0.05) is 25.7 Å². The Labute approximate surface area is 172 Å². The van der Waals surface area contributed by atoms with Crippen molar-refractivity contribution in [3.8, 4) is 34.4 Å². The molecule has 0 fully saturated rings. The van der Waals surface area contributed by atoms with Crippen LogP contribution < -0.4 is 0 Å². The Kier molecular flexibility index (Phi) is 4.10. The van der Waals surface area contributed by atoms with Gasteiger partial charge in [0.25, 0.3) is 0 Å². The number of nitrogens with zero attached hydrogens (tertiary/aromatic N) is 2. The number of nitriles is 2. The van der Waals surface area contributed by atoms with Gasteiger partial charge in [-0.2, -0.15) is 10.5 Å². The van der Waals surface area contributed by atoms with E-state index in [1.807, 2.05) is 30.3 Å². The minimum absolute atomic E-state index is 0.402. The van der Waals surface area contributed by atoms with Crippen LogP contribution in [0.1, 0.15) is 11.1 Å². The lowest BCUT2D eigenvalue weighted by Gasteiger charge is -2.12. The topological polar surface area (TPSA) is 47.6 Å². The summed E-state index contributed by atoms with van der Waals surface area (Å²) in [5.74, 6) is 0. The van der Waals surface area contributed by atoms with Gasteiger partial charge in [-0.25, -0.2) is 0 Å². The SMILES string of the molecule is N#Cc1cccc(-c2ccccc2-c2ccc3sc4ccccc4c3c2)c1C#N. The Hall–Kier alpha value is -3.92. The molecule has 0 bridgehead atoms. The molecule has 29 heavy (non-hydrogen) atoms. The van der Waals surface area contributed by atoms with E-state index in [0.29, 0.717) is 11.1 Å². The maximum Gasteiger partial charge on any atom is 0.101 e. The van der Waals surface area contributed by atoms with E-state index in [0.717, 1.165) is 22.3 Å². The van der Waals surface area contributed by atoms with Crippen LogP contribution in [0.5, 0.6) is 0 Å². The Balaban J connectivity index is 1.77. The second kappa shape index (κ2) is 6.91. The monoisotopic (exact) mass is 386 g/mol. The summed E-state index contributed by atoms with van der Waals surface area (Å²) in [6.07, 6.45) is 0. The van der Waals surface area contributed by atoms with Gasteiger partial charge in [-0.3, -0.25) is 0 Å². The van der Waals surface area contributed by atoms with Gasteiger partial charge in [0.2, 0.25) is 0 Å². The molecule has 134 valence electrons. The van der Waals surface area contributed by atoms with Crippen molar-refractivity contribution < 1.29 is 0 Å². The van der Waals surface area contributed by atoms with Gasteiger partial charge in [0.15, 0.2) is 0 Å². The Bertz CT molecular complexity index is 1480. The second-order valence-corrected chi connectivity index (χ2v) is 7.89. The number of hydrogen-bond acceptors (Lipinski definition) is 3. The lowest BCUT2D eigenvalue weighted by Crippen LogP contribution is -1.92. The summed E-state index contributed by atoms with van der Waals surface area (Å²) in [5.41, 5.74) is 4.72. The van der Waals surface area contributed by atoms with E-state index in [9.17, 15) is 10.5 Å². The largest absolute Gasteiger partial charge is 0.192 e. The third-order valence-corrected chi connectivity index (χ3v) is 6.35. The lowest BCUT2D eigenvalue weighted by molar-refractivity contribution is 1.43. The fraction of sp³-hybridized carbons (Fsp3) is 0. The van der Waals surface area contributed by atoms with Crippen molar-refractivity contribution in [3.63, 3.8) is 0 Å². The fourth-order valence-corrected chi connectivity index (χ4v) is 4.94. The first-order valence-electron chi connectivity index (χ1n) is 9.24. The summed E-state index contributed by atoms with van der Waals surface area (Å²) in [6.45, 7) is 0. The maximum atomic E-state index is 9.69. The van der Waals surface area contributed by atoms with Crippen LogP contribution in [0, 0.1) is 22.7 Å². The van der Waals surface area contributed by atoms with Gasteiger partial charge >= 0.3 is 0 Å². The van der Waals surface area contributed by atoms with Gasteiger partial charge in [-0.15, -0.1) is 11.3 Å². The fourth-order valence-electron chi connectivity index (χ4n) is 3.85. The smallest absolute Gasteiger partial charge is 0.101 e.